The number of thioether (sulfide) groups is 2. The zero-order valence-electron chi connectivity index (χ0n) is 20.8. The van der Waals surface area contributed by atoms with Crippen LogP contribution in [0.5, 0.6) is 0 Å². The number of carbonyl (C=O) groups excluding carboxylic acids is 1. The molecule has 37 heavy (non-hydrogen) atoms. The van der Waals surface area contributed by atoms with Crippen molar-refractivity contribution in [2.24, 2.45) is 12.0 Å². The van der Waals surface area contributed by atoms with Crippen LogP contribution in [0.25, 0.3) is 11.0 Å². The van der Waals surface area contributed by atoms with Crippen molar-refractivity contribution in [3.8, 4) is 0 Å². The molecule has 1 amide bonds. The van der Waals surface area contributed by atoms with Crippen LogP contribution in [0, 0.1) is 0 Å². The summed E-state index contributed by atoms with van der Waals surface area (Å²) in [6.45, 7) is 4.85. The third-order valence-electron chi connectivity index (χ3n) is 5.98. The summed E-state index contributed by atoms with van der Waals surface area (Å²) in [6, 6.07) is 14.0. The Labute approximate surface area is 244 Å². The van der Waals surface area contributed by atoms with E-state index in [9.17, 15) is 9.59 Å². The molecule has 7 nitrogen and oxygen atoms in total. The van der Waals surface area contributed by atoms with Crippen molar-refractivity contribution >= 4 is 68.4 Å². The van der Waals surface area contributed by atoms with Gasteiger partial charge in [0.25, 0.3) is 16.6 Å². The summed E-state index contributed by atoms with van der Waals surface area (Å²) in [5.74, 6) is 0.640. The highest BCUT2D eigenvalue weighted by atomic mass is 127. The Morgan fingerprint density at radius 2 is 1.76 bits per heavy atom. The average Bonchev–Trinajstić information content (AvgIpc) is 3.49. The van der Waals surface area contributed by atoms with E-state index in [2.05, 4.69) is 17.0 Å². The van der Waals surface area contributed by atoms with Gasteiger partial charge in [-0.2, -0.15) is 0 Å². The number of hydrogen-bond donors (Lipinski definition) is 0. The number of allylic oxidation sites excluding steroid dienone is 1. The number of para-hydroxylation sites is 1. The maximum absolute atomic E-state index is 13.4. The Kier molecular flexibility index (Phi) is 8.66. The number of halogens is 1. The van der Waals surface area contributed by atoms with Gasteiger partial charge in [0.1, 0.15) is 9.57 Å². The van der Waals surface area contributed by atoms with Crippen molar-refractivity contribution in [3.63, 3.8) is 0 Å². The molecule has 1 saturated heterocycles. The van der Waals surface area contributed by atoms with Crippen molar-refractivity contribution in [2.75, 3.05) is 18.5 Å². The minimum Gasteiger partial charge on any atom is -1.00 e. The van der Waals surface area contributed by atoms with Gasteiger partial charge in [-0.15, -0.1) is 11.3 Å². The van der Waals surface area contributed by atoms with Crippen LogP contribution in [0.2, 0.25) is 0 Å². The molecule has 0 bridgehead atoms. The van der Waals surface area contributed by atoms with Gasteiger partial charge in [-0.1, -0.05) is 30.0 Å². The lowest BCUT2D eigenvalue weighted by Crippen LogP contribution is -3.00. The third-order valence-corrected chi connectivity index (χ3v) is 9.51. The quantitative estimate of drug-likeness (QED) is 0.291. The van der Waals surface area contributed by atoms with Crippen LogP contribution >= 0.6 is 34.9 Å². The van der Waals surface area contributed by atoms with Crippen LogP contribution < -0.4 is 48.2 Å². The first-order valence-electron chi connectivity index (χ1n) is 11.6. The molecule has 0 saturated carbocycles. The number of rotatable bonds is 4. The number of carbonyl (C=O) groups is 1. The molecule has 0 unspecified atom stereocenters. The highest BCUT2D eigenvalue weighted by molar-refractivity contribution is 8.23. The second-order valence-electron chi connectivity index (χ2n) is 8.17. The van der Waals surface area contributed by atoms with Gasteiger partial charge in [-0.25, -0.2) is 4.57 Å². The molecule has 1 fully saturated rings. The Hall–Kier alpha value is -2.35. The zero-order valence-corrected chi connectivity index (χ0v) is 25.4. The second-order valence-corrected chi connectivity index (χ2v) is 11.2. The predicted molar refractivity (Wildman–Crippen MR) is 150 cm³/mol. The summed E-state index contributed by atoms with van der Waals surface area (Å²) in [5.41, 5.74) is 1.07. The number of nitrogens with zero attached hydrogens (tertiary/aromatic N) is 5. The molecular formula is C26H26IN5O2S3. The van der Waals surface area contributed by atoms with E-state index >= 15 is 0 Å². The summed E-state index contributed by atoms with van der Waals surface area (Å²) in [5, 5.41) is 1.67. The van der Waals surface area contributed by atoms with Gasteiger partial charge < -0.3 is 28.9 Å². The number of aromatic nitrogens is 2. The normalized spacial score (nSPS) is 19.2. The maximum atomic E-state index is 13.4. The Bertz CT molecular complexity index is 1610. The SMILES string of the molecule is CCN1C(=O)/C(=c2/s/c(=C\C=C3/Sc4ccccc4N3C)c(=O)n2CC)SC1=Nc1cccc[n+]1C.[I-]. The van der Waals surface area contributed by atoms with Crippen LogP contribution in [0.3, 0.4) is 0 Å². The lowest BCUT2D eigenvalue weighted by Gasteiger charge is -2.12. The number of amidine groups is 1. The molecule has 2 aliphatic heterocycles. The lowest BCUT2D eigenvalue weighted by molar-refractivity contribution is -0.658. The first kappa shape index (κ1) is 27.7. The Balaban J connectivity index is 0.00000320. The maximum Gasteiger partial charge on any atom is 0.326 e. The minimum absolute atomic E-state index is 0. The molecule has 0 atom stereocenters. The number of pyridine rings is 1. The van der Waals surface area contributed by atoms with Crippen LogP contribution in [0.1, 0.15) is 13.8 Å². The first-order chi connectivity index (χ1) is 17.4. The number of hydrogen-bond acceptors (Lipinski definition) is 7. The fourth-order valence-corrected chi connectivity index (χ4v) is 7.41. The molecule has 2 aliphatic rings. The van der Waals surface area contributed by atoms with Gasteiger partial charge >= 0.3 is 5.82 Å². The molecule has 0 spiro atoms. The molecule has 0 aliphatic carbocycles. The minimum atomic E-state index is -0.116. The molecule has 0 radical (unpaired) electrons. The van der Waals surface area contributed by atoms with E-state index in [1.807, 2.05) is 81.2 Å². The molecule has 2 aromatic heterocycles. The predicted octanol–water partition coefficient (Wildman–Crippen LogP) is 0.0134. The van der Waals surface area contributed by atoms with Crippen LogP contribution in [0.15, 0.2) is 74.4 Å². The number of thiazole rings is 1. The summed E-state index contributed by atoms with van der Waals surface area (Å²) in [4.78, 5) is 36.9. The van der Waals surface area contributed by atoms with Gasteiger partial charge in [0.2, 0.25) is 0 Å². The fraction of sp³-hybridized carbons (Fsp3) is 0.231. The number of anilines is 1. The number of aliphatic imine (C=N–C) groups is 1. The summed E-state index contributed by atoms with van der Waals surface area (Å²) >= 11 is 4.38. The van der Waals surface area contributed by atoms with Crippen molar-refractivity contribution in [1.82, 2.24) is 9.47 Å². The van der Waals surface area contributed by atoms with Crippen molar-refractivity contribution in [3.05, 3.63) is 79.3 Å². The van der Waals surface area contributed by atoms with E-state index in [1.54, 1.807) is 21.2 Å². The topological polar surface area (TPSA) is 61.8 Å². The average molecular weight is 664 g/mol. The number of amides is 1. The van der Waals surface area contributed by atoms with E-state index in [0.29, 0.717) is 32.4 Å². The van der Waals surface area contributed by atoms with E-state index in [4.69, 9.17) is 4.99 Å². The third kappa shape index (κ3) is 5.18. The van der Waals surface area contributed by atoms with Gasteiger partial charge in [0, 0.05) is 31.1 Å². The molecule has 3 aromatic rings. The van der Waals surface area contributed by atoms with E-state index < -0.39 is 0 Å². The summed E-state index contributed by atoms with van der Waals surface area (Å²) < 4.78 is 4.88. The molecule has 5 rings (SSSR count). The molecule has 4 heterocycles. The molecule has 192 valence electrons. The van der Waals surface area contributed by atoms with Gasteiger partial charge in [0.15, 0.2) is 0 Å². The van der Waals surface area contributed by atoms with Crippen molar-refractivity contribution in [1.29, 1.82) is 0 Å². The van der Waals surface area contributed by atoms with Gasteiger partial charge in [-0.3, -0.25) is 19.1 Å². The van der Waals surface area contributed by atoms with Crippen molar-refractivity contribution in [2.45, 2.75) is 25.3 Å². The number of benzene rings is 1. The highest BCUT2D eigenvalue weighted by Crippen LogP contribution is 2.44. The number of aryl methyl sites for hydroxylation is 1. The standard InChI is InChI=1S/C26H26N5O2S3.HI/c1-5-30-23(32)19(14-15-21-29(4)17-11-7-8-12-18(17)34-21)35-25(30)22-24(33)31(6-2)26(36-22)27-20-13-9-10-16-28(20)3;/h7-16H,5-6H2,1-4H3;1H/q+1;/p-1/b19-14-,21-15-,25-22-;. The van der Waals surface area contributed by atoms with Crippen LogP contribution in [-0.4, -0.2) is 34.1 Å². The Morgan fingerprint density at radius 3 is 2.46 bits per heavy atom. The molecular weight excluding hydrogens is 637 g/mol. The first-order valence-corrected chi connectivity index (χ1v) is 14.1. The largest absolute Gasteiger partial charge is 1.00 e. The second kappa shape index (κ2) is 11.6. The zero-order chi connectivity index (χ0) is 25.4. The molecule has 1 aromatic carbocycles. The summed E-state index contributed by atoms with van der Waals surface area (Å²) in [6.07, 6.45) is 5.77. The van der Waals surface area contributed by atoms with E-state index in [1.165, 1.54) is 28.0 Å². The van der Waals surface area contributed by atoms with E-state index in [0.717, 1.165) is 16.5 Å². The lowest BCUT2D eigenvalue weighted by atomic mass is 10.3. The molecule has 0 N–H and O–H groups in total. The van der Waals surface area contributed by atoms with Crippen LogP contribution in [-0.2, 0) is 18.4 Å². The van der Waals surface area contributed by atoms with Gasteiger partial charge in [0.05, 0.1) is 28.5 Å². The molecule has 11 heteroatoms. The Morgan fingerprint density at radius 1 is 1.00 bits per heavy atom. The van der Waals surface area contributed by atoms with Crippen LogP contribution in [0.4, 0.5) is 11.5 Å². The highest BCUT2D eigenvalue weighted by Gasteiger charge is 2.38. The van der Waals surface area contributed by atoms with E-state index in [-0.39, 0.29) is 35.4 Å². The van der Waals surface area contributed by atoms with Gasteiger partial charge in [-0.05, 0) is 61.0 Å². The fourth-order valence-electron chi connectivity index (χ4n) is 4.03. The monoisotopic (exact) mass is 663 g/mol. The number of fused-ring (bicyclic) bond motifs is 1. The van der Waals surface area contributed by atoms with Crippen molar-refractivity contribution < 1.29 is 33.3 Å². The smallest absolute Gasteiger partial charge is 0.326 e. The summed E-state index contributed by atoms with van der Waals surface area (Å²) in [7, 11) is 3.95.